The van der Waals surface area contributed by atoms with Crippen LogP contribution in [0.3, 0.4) is 0 Å². The minimum Gasteiger partial charge on any atom is -0.453 e. The first-order valence-corrected chi connectivity index (χ1v) is 8.51. The molecule has 0 aromatic heterocycles. The lowest BCUT2D eigenvalue weighted by Gasteiger charge is -2.14. The average molecular weight is 375 g/mol. The maximum absolute atomic E-state index is 11.5. The zero-order valence-corrected chi connectivity index (χ0v) is 15.3. The Balaban J connectivity index is 2.19. The Kier molecular flexibility index (Phi) is 6.79. The number of benzene rings is 2. The predicted molar refractivity (Wildman–Crippen MR) is 103 cm³/mol. The number of carbonyl (C=O) groups is 2. The number of hydrogen-bond donors (Lipinski definition) is 3. The second-order valence-electron chi connectivity index (χ2n) is 4.87. The molecule has 2 aromatic carbocycles. The van der Waals surface area contributed by atoms with E-state index >= 15 is 0 Å². The molecule has 0 saturated heterocycles. The van der Waals surface area contributed by atoms with Gasteiger partial charge in [0.25, 0.3) is 0 Å². The first-order valence-electron chi connectivity index (χ1n) is 7.28. The number of rotatable bonds is 4. The van der Waals surface area contributed by atoms with Gasteiger partial charge in [-0.05, 0) is 42.5 Å². The van der Waals surface area contributed by atoms with Crippen molar-refractivity contribution in [3.05, 3.63) is 48.5 Å². The molecule has 2 amide bonds. The Hall–Kier alpha value is -2.58. The summed E-state index contributed by atoms with van der Waals surface area (Å²) in [6, 6.07) is 15.4. The van der Waals surface area contributed by atoms with E-state index in [1.807, 2.05) is 42.5 Å². The van der Waals surface area contributed by atoms with Crippen LogP contribution in [-0.2, 0) is 9.53 Å². The van der Waals surface area contributed by atoms with Crippen molar-refractivity contribution >= 4 is 52.5 Å². The largest absolute Gasteiger partial charge is 0.453 e. The number of hydrogen-bond acceptors (Lipinski definition) is 5. The number of nitrogens with one attached hydrogen (secondary N) is 3. The normalized spacial score (nSPS) is 9.84. The molecule has 3 N–H and O–H groups in total. The fourth-order valence-electron chi connectivity index (χ4n) is 1.91. The summed E-state index contributed by atoms with van der Waals surface area (Å²) < 4.78 is 4.49. The highest BCUT2D eigenvalue weighted by atomic mass is 32.2. The molecule has 2 rings (SSSR count). The molecular formula is C17H17N3O3S2. The first kappa shape index (κ1) is 18.8. The van der Waals surface area contributed by atoms with E-state index in [1.165, 1.54) is 14.0 Å². The molecule has 0 bridgehead atoms. The van der Waals surface area contributed by atoms with Crippen LogP contribution in [0.2, 0.25) is 0 Å². The maximum Gasteiger partial charge on any atom is 0.413 e. The van der Waals surface area contributed by atoms with E-state index < -0.39 is 6.09 Å². The monoisotopic (exact) mass is 375 g/mol. The molecule has 6 nitrogen and oxygen atoms in total. The van der Waals surface area contributed by atoms with Crippen molar-refractivity contribution in [3.63, 3.8) is 0 Å². The van der Waals surface area contributed by atoms with E-state index in [4.69, 9.17) is 12.2 Å². The molecule has 0 aliphatic carbocycles. The second-order valence-corrected chi connectivity index (χ2v) is 6.43. The fraction of sp³-hybridized carbons (Fsp3) is 0.118. The average Bonchev–Trinajstić information content (AvgIpc) is 2.57. The number of ether oxygens (including phenoxy) is 1. The summed E-state index contributed by atoms with van der Waals surface area (Å²) in [7, 11) is 1.25. The Morgan fingerprint density at radius 1 is 1.00 bits per heavy atom. The van der Waals surface area contributed by atoms with Crippen LogP contribution >= 0.6 is 24.0 Å². The Morgan fingerprint density at radius 2 is 1.72 bits per heavy atom. The fourth-order valence-corrected chi connectivity index (χ4v) is 2.98. The molecule has 0 fully saturated rings. The van der Waals surface area contributed by atoms with Crippen LogP contribution in [0.25, 0.3) is 0 Å². The Labute approximate surface area is 155 Å². The summed E-state index contributed by atoms with van der Waals surface area (Å²) in [5.74, 6) is -0.211. The van der Waals surface area contributed by atoms with Gasteiger partial charge in [0, 0.05) is 16.7 Å². The molecule has 25 heavy (non-hydrogen) atoms. The van der Waals surface area contributed by atoms with Crippen LogP contribution in [0, 0.1) is 0 Å². The number of amides is 2. The maximum atomic E-state index is 11.5. The molecule has 2 aromatic rings. The van der Waals surface area contributed by atoms with Crippen molar-refractivity contribution < 1.29 is 14.3 Å². The van der Waals surface area contributed by atoms with E-state index in [0.29, 0.717) is 11.4 Å². The number of carbonyl (C=O) groups excluding carboxylic acids is 2. The minimum atomic E-state index is -0.671. The quantitative estimate of drug-likeness (QED) is 0.705. The number of methoxy groups -OCH3 is 1. The molecule has 8 heteroatoms. The first-order chi connectivity index (χ1) is 12.0. The number of thiocarbonyl (C=S) groups is 1. The molecular weight excluding hydrogens is 358 g/mol. The molecule has 0 aliphatic rings. The minimum absolute atomic E-state index is 0.0712. The van der Waals surface area contributed by atoms with Crippen molar-refractivity contribution in [1.29, 1.82) is 0 Å². The van der Waals surface area contributed by atoms with Gasteiger partial charge in [0.1, 0.15) is 0 Å². The van der Waals surface area contributed by atoms with Crippen molar-refractivity contribution in [2.45, 2.75) is 16.7 Å². The lowest BCUT2D eigenvalue weighted by molar-refractivity contribution is -0.114. The smallest absolute Gasteiger partial charge is 0.413 e. The molecule has 0 unspecified atom stereocenters. The summed E-state index contributed by atoms with van der Waals surface area (Å²) in [6.07, 6.45) is -0.671. The van der Waals surface area contributed by atoms with Crippen molar-refractivity contribution in [1.82, 2.24) is 5.32 Å². The van der Waals surface area contributed by atoms with Gasteiger partial charge in [-0.3, -0.25) is 10.1 Å². The van der Waals surface area contributed by atoms with Crippen molar-refractivity contribution in [2.75, 3.05) is 17.7 Å². The van der Waals surface area contributed by atoms with Gasteiger partial charge in [0.2, 0.25) is 5.91 Å². The van der Waals surface area contributed by atoms with Crippen LogP contribution in [0.15, 0.2) is 58.3 Å². The van der Waals surface area contributed by atoms with Crippen molar-refractivity contribution in [2.24, 2.45) is 0 Å². The highest BCUT2D eigenvalue weighted by Crippen LogP contribution is 2.33. The summed E-state index contributed by atoms with van der Waals surface area (Å²) in [5.41, 5.74) is 1.12. The summed E-state index contributed by atoms with van der Waals surface area (Å²) in [6.45, 7) is 1.42. The molecule has 0 atom stereocenters. The van der Waals surface area contributed by atoms with Crippen LogP contribution in [0.4, 0.5) is 16.2 Å². The van der Waals surface area contributed by atoms with E-state index in [9.17, 15) is 9.59 Å². The molecule has 0 aliphatic heterocycles. The Morgan fingerprint density at radius 3 is 2.36 bits per heavy atom. The van der Waals surface area contributed by atoms with Gasteiger partial charge in [0.15, 0.2) is 5.11 Å². The van der Waals surface area contributed by atoms with Gasteiger partial charge in [0.05, 0.1) is 18.5 Å². The van der Waals surface area contributed by atoms with Gasteiger partial charge in [-0.15, -0.1) is 0 Å². The van der Waals surface area contributed by atoms with Gasteiger partial charge in [-0.2, -0.15) is 0 Å². The highest BCUT2D eigenvalue weighted by molar-refractivity contribution is 7.99. The van der Waals surface area contributed by atoms with Crippen LogP contribution in [0.1, 0.15) is 6.92 Å². The van der Waals surface area contributed by atoms with E-state index in [-0.39, 0.29) is 11.0 Å². The molecule has 0 saturated carbocycles. The third-order valence-corrected chi connectivity index (χ3v) is 4.13. The van der Waals surface area contributed by atoms with Crippen LogP contribution in [0.5, 0.6) is 0 Å². The van der Waals surface area contributed by atoms with E-state index in [1.54, 1.807) is 17.8 Å². The second kappa shape index (κ2) is 9.05. The summed E-state index contributed by atoms with van der Waals surface area (Å²) in [5, 5.41) is 8.05. The Bertz CT molecular complexity index is 782. The molecule has 130 valence electrons. The van der Waals surface area contributed by atoms with E-state index in [2.05, 4.69) is 20.7 Å². The number of alkyl carbamates (subject to hydrolysis) is 1. The lowest BCUT2D eigenvalue weighted by Crippen LogP contribution is -2.34. The zero-order chi connectivity index (χ0) is 18.2. The van der Waals surface area contributed by atoms with Crippen molar-refractivity contribution in [3.8, 4) is 0 Å². The van der Waals surface area contributed by atoms with Crippen LogP contribution < -0.4 is 16.0 Å². The van der Waals surface area contributed by atoms with Gasteiger partial charge in [-0.1, -0.05) is 30.0 Å². The molecule has 0 radical (unpaired) electrons. The van der Waals surface area contributed by atoms with Gasteiger partial charge in [-0.25, -0.2) is 4.79 Å². The highest BCUT2D eigenvalue weighted by Gasteiger charge is 2.10. The van der Waals surface area contributed by atoms with Gasteiger partial charge < -0.3 is 15.4 Å². The summed E-state index contributed by atoms with van der Waals surface area (Å²) in [4.78, 5) is 24.7. The SMILES string of the molecule is COC(=O)NC(=S)Nc1ccc(Sc2ccccc2)cc1NC(C)=O. The number of anilines is 2. The third-order valence-electron chi connectivity index (χ3n) is 2.93. The topological polar surface area (TPSA) is 79.5 Å². The lowest BCUT2D eigenvalue weighted by atomic mass is 10.2. The summed E-state index contributed by atoms with van der Waals surface area (Å²) >= 11 is 6.62. The predicted octanol–water partition coefficient (Wildman–Crippen LogP) is 3.85. The van der Waals surface area contributed by atoms with E-state index in [0.717, 1.165) is 9.79 Å². The standard InChI is InChI=1S/C17H17N3O3S2/c1-11(21)18-15-10-13(25-12-6-4-3-5-7-12)8-9-14(15)19-16(24)20-17(22)23-2/h3-10H,1-2H3,(H,18,21)(H2,19,20,22,24). The zero-order valence-electron chi connectivity index (χ0n) is 13.7. The third kappa shape index (κ3) is 6.09. The molecule has 0 spiro atoms. The molecule has 0 heterocycles. The van der Waals surface area contributed by atoms with Crippen LogP contribution in [-0.4, -0.2) is 24.2 Å². The van der Waals surface area contributed by atoms with Gasteiger partial charge >= 0.3 is 6.09 Å².